The fraction of sp³-hybridized carbons (Fsp3) is 0.560. The van der Waals surface area contributed by atoms with Crippen LogP contribution in [0.2, 0.25) is 0 Å². The van der Waals surface area contributed by atoms with E-state index in [1.54, 1.807) is 7.05 Å². The van der Waals surface area contributed by atoms with Crippen molar-refractivity contribution in [2.45, 2.75) is 59.2 Å². The lowest BCUT2D eigenvalue weighted by Crippen LogP contribution is -2.53. The van der Waals surface area contributed by atoms with Gasteiger partial charge in [0.25, 0.3) is 5.91 Å². The molecule has 7 nitrogen and oxygen atoms in total. The fourth-order valence-electron chi connectivity index (χ4n) is 4.46. The summed E-state index contributed by atoms with van der Waals surface area (Å²) in [6.45, 7) is 9.50. The van der Waals surface area contributed by atoms with Crippen LogP contribution in [0.4, 0.5) is 0 Å². The van der Waals surface area contributed by atoms with E-state index in [1.807, 2.05) is 51.1 Å². The normalized spacial score (nSPS) is 17.9. The van der Waals surface area contributed by atoms with Crippen LogP contribution in [0.25, 0.3) is 11.4 Å². The van der Waals surface area contributed by atoms with Crippen LogP contribution in [-0.2, 0) is 17.9 Å². The van der Waals surface area contributed by atoms with Crippen LogP contribution < -0.4 is 10.6 Å². The largest absolute Gasteiger partial charge is 0.357 e. The van der Waals surface area contributed by atoms with Crippen molar-refractivity contribution < 1.29 is 9.59 Å². The van der Waals surface area contributed by atoms with Gasteiger partial charge in [-0.05, 0) is 30.6 Å². The van der Waals surface area contributed by atoms with Crippen molar-refractivity contribution in [2.75, 3.05) is 20.1 Å². The summed E-state index contributed by atoms with van der Waals surface area (Å²) in [7, 11) is 1.60. The maximum atomic E-state index is 13.5. The second-order valence-corrected chi connectivity index (χ2v) is 10.2. The van der Waals surface area contributed by atoms with Gasteiger partial charge in [-0.2, -0.15) is 0 Å². The van der Waals surface area contributed by atoms with Gasteiger partial charge in [-0.15, -0.1) is 0 Å². The molecule has 1 atom stereocenters. The summed E-state index contributed by atoms with van der Waals surface area (Å²) in [5.74, 6) is 1.13. The van der Waals surface area contributed by atoms with Crippen molar-refractivity contribution in [3.05, 3.63) is 41.7 Å². The van der Waals surface area contributed by atoms with Crippen molar-refractivity contribution in [1.82, 2.24) is 25.1 Å². The maximum absolute atomic E-state index is 13.5. The lowest BCUT2D eigenvalue weighted by molar-refractivity contribution is -0.124. The van der Waals surface area contributed by atoms with E-state index in [9.17, 15) is 9.59 Å². The monoisotopic (exact) mass is 437 g/mol. The van der Waals surface area contributed by atoms with Crippen LogP contribution in [0.15, 0.2) is 30.3 Å². The first-order valence-electron chi connectivity index (χ1n) is 11.7. The van der Waals surface area contributed by atoms with Crippen molar-refractivity contribution in [3.8, 4) is 11.4 Å². The lowest BCUT2D eigenvalue weighted by Gasteiger charge is -2.29. The Hall–Kier alpha value is -2.67. The Morgan fingerprint density at radius 3 is 2.50 bits per heavy atom. The number of fused-ring (bicyclic) bond motifs is 1. The molecule has 1 aliphatic carbocycles. The molecule has 1 aromatic heterocycles. The van der Waals surface area contributed by atoms with Crippen LogP contribution in [-0.4, -0.2) is 52.4 Å². The Morgan fingerprint density at radius 2 is 1.88 bits per heavy atom. The molecule has 1 aromatic carbocycles. The summed E-state index contributed by atoms with van der Waals surface area (Å²) in [4.78, 5) is 33.3. The second kappa shape index (κ2) is 9.06. The van der Waals surface area contributed by atoms with E-state index in [4.69, 9.17) is 4.98 Å². The first kappa shape index (κ1) is 22.5. The number of amides is 2. The van der Waals surface area contributed by atoms with Gasteiger partial charge in [-0.1, -0.05) is 51.1 Å². The van der Waals surface area contributed by atoms with Gasteiger partial charge in [-0.25, -0.2) is 4.98 Å². The number of hydrogen-bond acceptors (Lipinski definition) is 4. The van der Waals surface area contributed by atoms with Crippen LogP contribution >= 0.6 is 0 Å². The van der Waals surface area contributed by atoms with Gasteiger partial charge in [0.15, 0.2) is 5.69 Å². The number of nitrogens with one attached hydrogen (secondary N) is 2. The van der Waals surface area contributed by atoms with Gasteiger partial charge >= 0.3 is 0 Å². The predicted molar refractivity (Wildman–Crippen MR) is 125 cm³/mol. The molecule has 0 radical (unpaired) electrons. The van der Waals surface area contributed by atoms with Gasteiger partial charge in [0.05, 0.1) is 5.69 Å². The molecule has 0 saturated heterocycles. The molecule has 1 aliphatic heterocycles. The Balaban J connectivity index is 1.71. The third kappa shape index (κ3) is 4.88. The quantitative estimate of drug-likeness (QED) is 0.728. The van der Waals surface area contributed by atoms with E-state index in [0.717, 1.165) is 49.1 Å². The van der Waals surface area contributed by atoms with Crippen LogP contribution in [0, 0.1) is 11.3 Å². The molecule has 1 fully saturated rings. The molecule has 7 heteroatoms. The van der Waals surface area contributed by atoms with Gasteiger partial charge < -0.3 is 15.2 Å². The predicted octanol–water partition coefficient (Wildman–Crippen LogP) is 3.06. The second-order valence-electron chi connectivity index (χ2n) is 10.2. The van der Waals surface area contributed by atoms with Gasteiger partial charge in [-0.3, -0.25) is 14.5 Å². The van der Waals surface area contributed by atoms with E-state index < -0.39 is 11.5 Å². The highest BCUT2D eigenvalue weighted by Crippen LogP contribution is 2.32. The van der Waals surface area contributed by atoms with Crippen molar-refractivity contribution in [3.63, 3.8) is 0 Å². The van der Waals surface area contributed by atoms with E-state index in [0.29, 0.717) is 12.2 Å². The Bertz CT molecular complexity index is 972. The number of hydrogen-bond donors (Lipinski definition) is 2. The van der Waals surface area contributed by atoms with Crippen LogP contribution in [0.3, 0.4) is 0 Å². The highest BCUT2D eigenvalue weighted by Gasteiger charge is 2.35. The zero-order chi connectivity index (χ0) is 22.9. The summed E-state index contributed by atoms with van der Waals surface area (Å²) in [5, 5.41) is 5.66. The van der Waals surface area contributed by atoms with Crippen LogP contribution in [0.1, 0.15) is 56.2 Å². The SMILES string of the molecule is CNC(=O)[C@@H](NC(=O)c1nc(-c2ccccc2)n2c1CN(CC1CC1)CCC2)C(C)(C)C. The average Bonchev–Trinajstić information content (AvgIpc) is 3.55. The Labute approximate surface area is 190 Å². The average molecular weight is 438 g/mol. The van der Waals surface area contributed by atoms with E-state index in [-0.39, 0.29) is 11.8 Å². The molecule has 2 N–H and O–H groups in total. The lowest BCUT2D eigenvalue weighted by atomic mass is 9.86. The molecule has 2 heterocycles. The standard InChI is InChI=1S/C25H35N5O2/c1-25(2,3)21(24(32)26-4)28-23(31)20-19-16-29(15-17-11-12-17)13-8-14-30(19)22(27-20)18-9-6-5-7-10-18/h5-7,9-10,17,21H,8,11-16H2,1-4H3,(H,26,32)(H,28,31)/t21-/m1/s1. The van der Waals surface area contributed by atoms with Gasteiger partial charge in [0.2, 0.25) is 5.91 Å². The molecule has 2 amide bonds. The summed E-state index contributed by atoms with van der Waals surface area (Å²) < 4.78 is 2.21. The van der Waals surface area contributed by atoms with E-state index in [1.165, 1.54) is 12.8 Å². The molecule has 0 bridgehead atoms. The smallest absolute Gasteiger partial charge is 0.272 e. The number of rotatable bonds is 6. The number of aromatic nitrogens is 2. The fourth-order valence-corrected chi connectivity index (χ4v) is 4.46. The minimum absolute atomic E-state index is 0.199. The highest BCUT2D eigenvalue weighted by molar-refractivity contribution is 5.97. The minimum atomic E-state index is -0.647. The third-order valence-electron chi connectivity index (χ3n) is 6.41. The molecule has 32 heavy (non-hydrogen) atoms. The molecule has 0 spiro atoms. The molecule has 1 saturated carbocycles. The Kier molecular flexibility index (Phi) is 6.38. The molecule has 4 rings (SSSR count). The van der Waals surface area contributed by atoms with Gasteiger partial charge in [0, 0.05) is 38.8 Å². The first-order chi connectivity index (χ1) is 15.3. The molecule has 0 unspecified atom stereocenters. The van der Waals surface area contributed by atoms with Crippen molar-refractivity contribution in [2.24, 2.45) is 11.3 Å². The van der Waals surface area contributed by atoms with Crippen molar-refractivity contribution >= 4 is 11.8 Å². The molecule has 2 aliphatic rings. The molecule has 2 aromatic rings. The highest BCUT2D eigenvalue weighted by atomic mass is 16.2. The topological polar surface area (TPSA) is 79.3 Å². The summed E-state index contributed by atoms with van der Waals surface area (Å²) in [6, 6.07) is 9.39. The first-order valence-corrected chi connectivity index (χ1v) is 11.7. The summed E-state index contributed by atoms with van der Waals surface area (Å²) in [6.07, 6.45) is 3.63. The van der Waals surface area contributed by atoms with E-state index in [2.05, 4.69) is 20.1 Å². The number of nitrogens with zero attached hydrogens (tertiary/aromatic N) is 3. The zero-order valence-electron chi connectivity index (χ0n) is 19.6. The number of likely N-dealkylation sites (N-methyl/N-ethyl adjacent to an activating group) is 1. The number of carbonyl (C=O) groups excluding carboxylic acids is 2. The van der Waals surface area contributed by atoms with Crippen LogP contribution in [0.5, 0.6) is 0 Å². The number of carbonyl (C=O) groups is 2. The molecular formula is C25H35N5O2. The van der Waals surface area contributed by atoms with Gasteiger partial charge in [0.1, 0.15) is 11.9 Å². The molecule has 172 valence electrons. The third-order valence-corrected chi connectivity index (χ3v) is 6.41. The van der Waals surface area contributed by atoms with Crippen molar-refractivity contribution in [1.29, 1.82) is 0 Å². The zero-order valence-corrected chi connectivity index (χ0v) is 19.6. The van der Waals surface area contributed by atoms with E-state index >= 15 is 0 Å². The maximum Gasteiger partial charge on any atom is 0.272 e. The summed E-state index contributed by atoms with van der Waals surface area (Å²) in [5.41, 5.74) is 1.96. The summed E-state index contributed by atoms with van der Waals surface area (Å²) >= 11 is 0. The number of imidazole rings is 1. The minimum Gasteiger partial charge on any atom is -0.357 e. The molecular weight excluding hydrogens is 402 g/mol. The Morgan fingerprint density at radius 1 is 1.16 bits per heavy atom. The number of benzene rings is 1.